The Morgan fingerprint density at radius 2 is 2.00 bits per heavy atom. The van der Waals surface area contributed by atoms with Gasteiger partial charge in [-0.05, 0) is 50.8 Å². The second-order valence-electron chi connectivity index (χ2n) is 8.62. The van der Waals surface area contributed by atoms with Crippen molar-refractivity contribution in [2.75, 3.05) is 5.32 Å². The van der Waals surface area contributed by atoms with Gasteiger partial charge in [-0.1, -0.05) is 6.92 Å². The van der Waals surface area contributed by atoms with Gasteiger partial charge in [0.05, 0.1) is 29.2 Å². The summed E-state index contributed by atoms with van der Waals surface area (Å²) >= 11 is 0. The van der Waals surface area contributed by atoms with Gasteiger partial charge in [0.1, 0.15) is 5.82 Å². The maximum atomic E-state index is 15.1. The molecule has 0 bridgehead atoms. The van der Waals surface area contributed by atoms with E-state index in [0.717, 1.165) is 30.5 Å². The van der Waals surface area contributed by atoms with E-state index in [0.29, 0.717) is 16.9 Å². The van der Waals surface area contributed by atoms with E-state index in [1.54, 1.807) is 30.9 Å². The number of aromatic nitrogens is 3. The summed E-state index contributed by atoms with van der Waals surface area (Å²) in [5.74, 6) is -0.303. The molecule has 2 atom stereocenters. The molecule has 3 heterocycles. The molecule has 2 unspecified atom stereocenters. The third kappa shape index (κ3) is 1.96. The van der Waals surface area contributed by atoms with Crippen molar-refractivity contribution in [2.45, 2.75) is 56.6 Å². The normalized spacial score (nSPS) is 28.6. The average molecular weight is 366 g/mol. The van der Waals surface area contributed by atoms with Crippen LogP contribution in [0.1, 0.15) is 45.6 Å². The third-order valence-electron chi connectivity index (χ3n) is 6.90. The number of fused-ring (bicyclic) bond motifs is 4. The molecule has 0 saturated heterocycles. The molecule has 1 aliphatic heterocycles. The SMILES string of the molecule is CC1(C)Nc2cc(F)c(-c3cnc4cnccn34)cc2C2(C)CCCC12O. The molecule has 1 aliphatic carbocycles. The van der Waals surface area contributed by atoms with E-state index < -0.39 is 16.6 Å². The molecule has 2 aromatic heterocycles. The van der Waals surface area contributed by atoms with Gasteiger partial charge in [0.15, 0.2) is 5.65 Å². The number of nitrogens with one attached hydrogen (secondary N) is 1. The summed E-state index contributed by atoms with van der Waals surface area (Å²) in [6, 6.07) is 3.46. The fourth-order valence-corrected chi connectivity index (χ4v) is 5.35. The van der Waals surface area contributed by atoms with Crippen LogP contribution in [-0.2, 0) is 5.41 Å². The second-order valence-corrected chi connectivity index (χ2v) is 8.62. The molecule has 3 aromatic rings. The lowest BCUT2D eigenvalue weighted by Crippen LogP contribution is -2.65. The van der Waals surface area contributed by atoms with Crippen LogP contribution in [0.2, 0.25) is 0 Å². The zero-order valence-corrected chi connectivity index (χ0v) is 15.8. The maximum absolute atomic E-state index is 15.1. The van der Waals surface area contributed by atoms with Gasteiger partial charge in [-0.2, -0.15) is 0 Å². The molecule has 1 aromatic carbocycles. The van der Waals surface area contributed by atoms with E-state index in [2.05, 4.69) is 22.2 Å². The first kappa shape index (κ1) is 16.7. The second kappa shape index (κ2) is 5.07. The summed E-state index contributed by atoms with van der Waals surface area (Å²) in [6.07, 6.45) is 9.33. The number of anilines is 1. The molecule has 2 aliphatic rings. The molecule has 27 heavy (non-hydrogen) atoms. The van der Waals surface area contributed by atoms with E-state index in [-0.39, 0.29) is 5.82 Å². The Kier molecular flexibility index (Phi) is 3.13. The van der Waals surface area contributed by atoms with E-state index in [9.17, 15) is 5.11 Å². The van der Waals surface area contributed by atoms with Gasteiger partial charge in [-0.3, -0.25) is 9.38 Å². The number of hydrogen-bond donors (Lipinski definition) is 2. The van der Waals surface area contributed by atoms with Crippen LogP contribution in [0, 0.1) is 5.82 Å². The van der Waals surface area contributed by atoms with Crippen LogP contribution in [0.3, 0.4) is 0 Å². The van der Waals surface area contributed by atoms with Crippen LogP contribution in [0.25, 0.3) is 16.9 Å². The molecule has 1 saturated carbocycles. The molecule has 2 N–H and O–H groups in total. The molecule has 0 amide bonds. The van der Waals surface area contributed by atoms with Gasteiger partial charge in [0.2, 0.25) is 0 Å². The van der Waals surface area contributed by atoms with Crippen LogP contribution in [0.5, 0.6) is 0 Å². The Morgan fingerprint density at radius 3 is 2.81 bits per heavy atom. The minimum atomic E-state index is -0.883. The molecule has 5 nitrogen and oxygen atoms in total. The monoisotopic (exact) mass is 366 g/mol. The highest BCUT2D eigenvalue weighted by Crippen LogP contribution is 2.59. The molecular weight excluding hydrogens is 343 g/mol. The molecule has 0 radical (unpaired) electrons. The number of benzene rings is 1. The molecule has 6 heteroatoms. The van der Waals surface area contributed by atoms with Crippen LogP contribution >= 0.6 is 0 Å². The summed E-state index contributed by atoms with van der Waals surface area (Å²) in [7, 11) is 0. The van der Waals surface area contributed by atoms with Crippen LogP contribution < -0.4 is 5.32 Å². The highest BCUT2D eigenvalue weighted by atomic mass is 19.1. The van der Waals surface area contributed by atoms with Gasteiger partial charge >= 0.3 is 0 Å². The van der Waals surface area contributed by atoms with E-state index in [1.165, 1.54) is 0 Å². The van der Waals surface area contributed by atoms with Gasteiger partial charge < -0.3 is 10.4 Å². The number of hydrogen-bond acceptors (Lipinski definition) is 4. The first-order chi connectivity index (χ1) is 12.8. The molecule has 0 spiro atoms. The Hall–Kier alpha value is -2.47. The number of rotatable bonds is 1. The van der Waals surface area contributed by atoms with E-state index in [1.807, 2.05) is 24.3 Å². The fourth-order valence-electron chi connectivity index (χ4n) is 5.35. The zero-order chi connectivity index (χ0) is 19.0. The predicted molar refractivity (Wildman–Crippen MR) is 102 cm³/mol. The first-order valence-electron chi connectivity index (χ1n) is 9.39. The Labute approximate surface area is 157 Å². The lowest BCUT2D eigenvalue weighted by atomic mass is 9.60. The third-order valence-corrected chi connectivity index (χ3v) is 6.90. The Balaban J connectivity index is 1.77. The quantitative estimate of drug-likeness (QED) is 0.685. The smallest absolute Gasteiger partial charge is 0.155 e. The zero-order valence-electron chi connectivity index (χ0n) is 15.8. The summed E-state index contributed by atoms with van der Waals surface area (Å²) in [5.41, 5.74) is 1.74. The minimum Gasteiger partial charge on any atom is -0.387 e. The highest BCUT2D eigenvalue weighted by molar-refractivity contribution is 5.72. The number of nitrogens with zero attached hydrogens (tertiary/aromatic N) is 3. The first-order valence-corrected chi connectivity index (χ1v) is 9.39. The van der Waals surface area contributed by atoms with Crippen molar-refractivity contribution in [3.63, 3.8) is 0 Å². The minimum absolute atomic E-state index is 0.303. The molecule has 140 valence electrons. The van der Waals surface area contributed by atoms with Crippen molar-refractivity contribution in [1.29, 1.82) is 0 Å². The van der Waals surface area contributed by atoms with Crippen LogP contribution in [0.15, 0.2) is 36.9 Å². The van der Waals surface area contributed by atoms with Gasteiger partial charge in [-0.15, -0.1) is 0 Å². The van der Waals surface area contributed by atoms with Gasteiger partial charge in [-0.25, -0.2) is 9.37 Å². The Bertz CT molecular complexity index is 1080. The van der Waals surface area contributed by atoms with Crippen molar-refractivity contribution in [1.82, 2.24) is 14.4 Å². The number of imidazole rings is 1. The molecular formula is C21H23FN4O. The summed E-state index contributed by atoms with van der Waals surface area (Å²) in [4.78, 5) is 8.41. The van der Waals surface area contributed by atoms with E-state index in [4.69, 9.17) is 0 Å². The molecule has 1 fully saturated rings. The highest BCUT2D eigenvalue weighted by Gasteiger charge is 2.62. The fraction of sp³-hybridized carbons (Fsp3) is 0.429. The van der Waals surface area contributed by atoms with Gasteiger partial charge in [0.25, 0.3) is 0 Å². The van der Waals surface area contributed by atoms with Crippen molar-refractivity contribution < 1.29 is 9.50 Å². The Morgan fingerprint density at radius 1 is 1.19 bits per heavy atom. The number of halogens is 1. The maximum Gasteiger partial charge on any atom is 0.155 e. The topological polar surface area (TPSA) is 62.5 Å². The lowest BCUT2D eigenvalue weighted by Gasteiger charge is -2.55. The average Bonchev–Trinajstić information content (AvgIpc) is 3.17. The summed E-state index contributed by atoms with van der Waals surface area (Å²) in [6.45, 7) is 6.12. The van der Waals surface area contributed by atoms with Crippen LogP contribution in [-0.4, -0.2) is 30.6 Å². The van der Waals surface area contributed by atoms with Gasteiger partial charge in [0, 0.05) is 29.1 Å². The lowest BCUT2D eigenvalue weighted by molar-refractivity contribution is -0.0628. The summed E-state index contributed by atoms with van der Waals surface area (Å²) in [5, 5.41) is 15.0. The standard InChI is InChI=1S/C21H23FN4O/c1-19(2)21(27)6-4-5-20(21,3)14-9-13(15(22)10-16(14)25-19)17-11-24-18-12-23-7-8-26(17)18/h7-12,25,27H,4-6H2,1-3H3. The predicted octanol–water partition coefficient (Wildman–Crippen LogP) is 3.91. The number of aliphatic hydroxyl groups is 1. The van der Waals surface area contributed by atoms with Crippen molar-refractivity contribution in [3.8, 4) is 11.3 Å². The van der Waals surface area contributed by atoms with Crippen molar-refractivity contribution in [3.05, 3.63) is 48.3 Å². The largest absolute Gasteiger partial charge is 0.387 e. The summed E-state index contributed by atoms with van der Waals surface area (Å²) < 4.78 is 17.0. The van der Waals surface area contributed by atoms with Crippen molar-refractivity contribution >= 4 is 11.3 Å². The van der Waals surface area contributed by atoms with Crippen molar-refractivity contribution in [2.24, 2.45) is 0 Å². The van der Waals surface area contributed by atoms with E-state index >= 15 is 4.39 Å². The van der Waals surface area contributed by atoms with Crippen LogP contribution in [0.4, 0.5) is 10.1 Å². The molecule has 5 rings (SSSR count).